The number of nitrogens with two attached hydrogens (primary N) is 1. The van der Waals surface area contributed by atoms with Gasteiger partial charge in [0.25, 0.3) is 0 Å². The molecule has 1 aromatic rings. The van der Waals surface area contributed by atoms with E-state index in [2.05, 4.69) is 52.8 Å². The van der Waals surface area contributed by atoms with Gasteiger partial charge in [-0.25, -0.2) is 0 Å². The van der Waals surface area contributed by atoms with Crippen molar-refractivity contribution >= 4 is 28.3 Å². The minimum Gasteiger partial charge on any atom is -0.330 e. The molecule has 1 heterocycles. The number of halogens is 2. The first-order valence-electron chi connectivity index (χ1n) is 5.41. The van der Waals surface area contributed by atoms with Gasteiger partial charge >= 0.3 is 0 Å². The van der Waals surface area contributed by atoms with E-state index in [-0.39, 0.29) is 17.8 Å². The molecule has 0 unspecified atom stereocenters. The molecule has 0 fully saturated rings. The Bertz CT molecular complexity index is 344. The summed E-state index contributed by atoms with van der Waals surface area (Å²) in [5.41, 5.74) is 7.10. The van der Waals surface area contributed by atoms with Gasteiger partial charge in [-0.05, 0) is 46.6 Å². The first kappa shape index (κ1) is 16.8. The average Bonchev–Trinajstić information content (AvgIpc) is 2.16. The van der Waals surface area contributed by atoms with Gasteiger partial charge in [0.2, 0.25) is 0 Å². The fraction of sp³-hybridized carbons (Fsp3) is 0.583. The van der Waals surface area contributed by atoms with E-state index in [1.54, 1.807) is 6.20 Å². The predicted octanol–water partition coefficient (Wildman–Crippen LogP) is 2.68. The van der Waals surface area contributed by atoms with E-state index in [0.29, 0.717) is 6.54 Å². The fourth-order valence-corrected chi connectivity index (χ4v) is 2.12. The maximum Gasteiger partial charge on any atom is 0.0410 e. The molecule has 0 atom stereocenters. The number of pyridine rings is 1. The normalized spacial score (nSPS) is 11.4. The Balaban J connectivity index is 0.00000256. The van der Waals surface area contributed by atoms with Crippen molar-refractivity contribution in [2.75, 3.05) is 20.1 Å². The van der Waals surface area contributed by atoms with Crippen LogP contribution in [-0.4, -0.2) is 30.0 Å². The summed E-state index contributed by atoms with van der Waals surface area (Å²) in [7, 11) is 2.11. The fourth-order valence-electron chi connectivity index (χ4n) is 1.71. The molecule has 17 heavy (non-hydrogen) atoms. The Kier molecular flexibility index (Phi) is 7.24. The van der Waals surface area contributed by atoms with Gasteiger partial charge in [-0.2, -0.15) is 0 Å². The van der Waals surface area contributed by atoms with Gasteiger partial charge in [0.1, 0.15) is 0 Å². The van der Waals surface area contributed by atoms with Crippen LogP contribution in [0.25, 0.3) is 0 Å². The van der Waals surface area contributed by atoms with Crippen LogP contribution in [0.1, 0.15) is 19.4 Å². The summed E-state index contributed by atoms with van der Waals surface area (Å²) in [5.74, 6) is 0. The van der Waals surface area contributed by atoms with Crippen LogP contribution in [0.2, 0.25) is 0 Å². The predicted molar refractivity (Wildman–Crippen MR) is 78.4 cm³/mol. The highest BCUT2D eigenvalue weighted by molar-refractivity contribution is 9.10. The van der Waals surface area contributed by atoms with Gasteiger partial charge in [0.05, 0.1) is 0 Å². The van der Waals surface area contributed by atoms with Crippen molar-refractivity contribution in [3.8, 4) is 0 Å². The molecule has 0 amide bonds. The van der Waals surface area contributed by atoms with Gasteiger partial charge in [-0.15, -0.1) is 12.4 Å². The van der Waals surface area contributed by atoms with Crippen LogP contribution in [0.4, 0.5) is 0 Å². The molecule has 0 aliphatic heterocycles. The summed E-state index contributed by atoms with van der Waals surface area (Å²) in [5, 5.41) is 0. The Labute approximate surface area is 118 Å². The lowest BCUT2D eigenvalue weighted by Gasteiger charge is -2.28. The van der Waals surface area contributed by atoms with Gasteiger partial charge in [-0.1, -0.05) is 13.8 Å². The first-order chi connectivity index (χ1) is 7.43. The lowest BCUT2D eigenvalue weighted by Crippen LogP contribution is -2.36. The van der Waals surface area contributed by atoms with Crippen molar-refractivity contribution < 1.29 is 0 Å². The summed E-state index contributed by atoms with van der Waals surface area (Å²) < 4.78 is 1.02. The molecular weight excluding hydrogens is 302 g/mol. The maximum atomic E-state index is 5.73. The van der Waals surface area contributed by atoms with E-state index in [0.717, 1.165) is 17.6 Å². The molecular formula is C12H21BrClN3. The highest BCUT2D eigenvalue weighted by Crippen LogP contribution is 2.16. The van der Waals surface area contributed by atoms with Crippen molar-refractivity contribution in [3.05, 3.63) is 28.5 Å². The number of aromatic nitrogens is 1. The monoisotopic (exact) mass is 321 g/mol. The van der Waals surface area contributed by atoms with Crippen molar-refractivity contribution in [1.29, 1.82) is 0 Å². The van der Waals surface area contributed by atoms with Crippen LogP contribution in [0.5, 0.6) is 0 Å². The van der Waals surface area contributed by atoms with Crippen LogP contribution in [0.15, 0.2) is 22.9 Å². The molecule has 0 saturated heterocycles. The minimum absolute atomic E-state index is 0. The van der Waals surface area contributed by atoms with E-state index in [9.17, 15) is 0 Å². The SMILES string of the molecule is CN(Cc1cncc(Br)c1)CC(C)(C)CN.Cl. The Morgan fingerprint density at radius 2 is 2.06 bits per heavy atom. The summed E-state index contributed by atoms with van der Waals surface area (Å²) in [6.07, 6.45) is 3.70. The quantitative estimate of drug-likeness (QED) is 0.906. The Morgan fingerprint density at radius 1 is 1.41 bits per heavy atom. The van der Waals surface area contributed by atoms with E-state index < -0.39 is 0 Å². The molecule has 98 valence electrons. The highest BCUT2D eigenvalue weighted by atomic mass is 79.9. The molecule has 1 aromatic heterocycles. The summed E-state index contributed by atoms with van der Waals surface area (Å²) in [4.78, 5) is 6.43. The molecule has 0 radical (unpaired) electrons. The topological polar surface area (TPSA) is 42.2 Å². The molecule has 1 rings (SSSR count). The second kappa shape index (κ2) is 7.31. The smallest absolute Gasteiger partial charge is 0.0410 e. The molecule has 0 aliphatic rings. The number of hydrogen-bond acceptors (Lipinski definition) is 3. The van der Waals surface area contributed by atoms with Crippen LogP contribution in [0.3, 0.4) is 0 Å². The van der Waals surface area contributed by atoms with Gasteiger partial charge in [0, 0.05) is 30.0 Å². The molecule has 0 saturated carbocycles. The Hall–Kier alpha value is -0.160. The summed E-state index contributed by atoms with van der Waals surface area (Å²) in [6.45, 7) is 6.95. The van der Waals surface area contributed by atoms with Crippen molar-refractivity contribution in [2.24, 2.45) is 11.1 Å². The third kappa shape index (κ3) is 6.36. The molecule has 0 aliphatic carbocycles. The third-order valence-corrected chi connectivity index (χ3v) is 2.90. The maximum absolute atomic E-state index is 5.73. The number of nitrogens with zero attached hydrogens (tertiary/aromatic N) is 2. The van der Waals surface area contributed by atoms with E-state index in [1.165, 1.54) is 5.56 Å². The van der Waals surface area contributed by atoms with Crippen molar-refractivity contribution in [2.45, 2.75) is 20.4 Å². The first-order valence-corrected chi connectivity index (χ1v) is 6.20. The third-order valence-electron chi connectivity index (χ3n) is 2.46. The van der Waals surface area contributed by atoms with Gasteiger partial charge < -0.3 is 10.6 Å². The van der Waals surface area contributed by atoms with Gasteiger partial charge in [0.15, 0.2) is 0 Å². The largest absolute Gasteiger partial charge is 0.330 e. The van der Waals surface area contributed by atoms with Crippen LogP contribution in [-0.2, 0) is 6.54 Å². The van der Waals surface area contributed by atoms with Crippen LogP contribution < -0.4 is 5.73 Å². The van der Waals surface area contributed by atoms with E-state index in [4.69, 9.17) is 5.73 Å². The number of rotatable bonds is 5. The zero-order valence-electron chi connectivity index (χ0n) is 10.6. The zero-order chi connectivity index (χ0) is 12.2. The van der Waals surface area contributed by atoms with E-state index in [1.807, 2.05) is 6.20 Å². The number of hydrogen-bond donors (Lipinski definition) is 1. The standard InChI is InChI=1S/C12H20BrN3.ClH/c1-12(2,8-14)9-16(3)7-10-4-11(13)6-15-5-10;/h4-6H,7-9,14H2,1-3H3;1H. The molecule has 0 bridgehead atoms. The van der Waals surface area contributed by atoms with Crippen molar-refractivity contribution in [1.82, 2.24) is 9.88 Å². The zero-order valence-corrected chi connectivity index (χ0v) is 13.0. The van der Waals surface area contributed by atoms with Crippen LogP contribution >= 0.6 is 28.3 Å². The molecule has 0 aromatic carbocycles. The molecule has 0 spiro atoms. The lowest BCUT2D eigenvalue weighted by molar-refractivity contribution is 0.209. The van der Waals surface area contributed by atoms with E-state index >= 15 is 0 Å². The average molecular weight is 323 g/mol. The summed E-state index contributed by atoms with van der Waals surface area (Å²) >= 11 is 3.43. The van der Waals surface area contributed by atoms with Gasteiger partial charge in [-0.3, -0.25) is 4.98 Å². The molecule has 5 heteroatoms. The van der Waals surface area contributed by atoms with Crippen molar-refractivity contribution in [3.63, 3.8) is 0 Å². The van der Waals surface area contributed by atoms with Crippen LogP contribution in [0, 0.1) is 5.41 Å². The lowest BCUT2D eigenvalue weighted by atomic mass is 9.93. The Morgan fingerprint density at radius 3 is 2.59 bits per heavy atom. The second-order valence-corrected chi connectivity index (χ2v) is 5.97. The molecule has 3 nitrogen and oxygen atoms in total. The summed E-state index contributed by atoms with van der Waals surface area (Å²) in [6, 6.07) is 2.10. The second-order valence-electron chi connectivity index (χ2n) is 5.05. The highest BCUT2D eigenvalue weighted by Gasteiger charge is 2.17. The minimum atomic E-state index is 0. The molecule has 2 N–H and O–H groups in total.